The van der Waals surface area contributed by atoms with Crippen molar-refractivity contribution in [2.24, 2.45) is 5.73 Å². The smallest absolute Gasteiger partial charge is 0.280 e. The zero-order chi connectivity index (χ0) is 28.0. The molecule has 14 heteroatoms. The van der Waals surface area contributed by atoms with E-state index in [0.717, 1.165) is 11.3 Å². The van der Waals surface area contributed by atoms with Crippen molar-refractivity contribution in [2.45, 2.75) is 26.8 Å². The lowest BCUT2D eigenvalue weighted by Crippen LogP contribution is -2.17. The van der Waals surface area contributed by atoms with E-state index >= 15 is 0 Å². The molecular weight excluding hydrogens is 571 g/mol. The summed E-state index contributed by atoms with van der Waals surface area (Å²) in [5.74, 6) is -1.49. The molecule has 0 radical (unpaired) electrons. The molecule has 4 aromatic heterocycles. The van der Waals surface area contributed by atoms with Gasteiger partial charge in [-0.2, -0.15) is 10.2 Å². The van der Waals surface area contributed by atoms with Crippen LogP contribution in [-0.2, 0) is 6.54 Å². The number of carbonyl (C=O) groups is 2. The van der Waals surface area contributed by atoms with Gasteiger partial charge in [0.2, 0.25) is 0 Å². The Balaban J connectivity index is 1.63. The number of aromatic nitrogens is 5. The van der Waals surface area contributed by atoms with Crippen molar-refractivity contribution < 1.29 is 18.4 Å². The van der Waals surface area contributed by atoms with E-state index in [9.17, 15) is 18.4 Å². The highest BCUT2D eigenvalue weighted by Gasteiger charge is 2.27. The number of hydrogen-bond acceptors (Lipinski definition) is 6. The number of pyridine rings is 1. The van der Waals surface area contributed by atoms with E-state index in [2.05, 4.69) is 25.6 Å². The number of aromatic amines is 1. The number of hydrogen-bond donors (Lipinski definition) is 3. The summed E-state index contributed by atoms with van der Waals surface area (Å²) in [6.45, 7) is 4.18. The van der Waals surface area contributed by atoms with Crippen molar-refractivity contribution in [3.05, 3.63) is 68.5 Å². The maximum atomic E-state index is 13.8. The Bertz CT molecular complexity index is 1760. The number of fused-ring (bicyclic) bond motifs is 1. The Morgan fingerprint density at radius 3 is 2.59 bits per heavy atom. The number of benzene rings is 1. The molecule has 200 valence electrons. The Hall–Kier alpha value is -3.87. The van der Waals surface area contributed by atoms with Gasteiger partial charge in [0, 0.05) is 29.3 Å². The molecule has 9 nitrogen and oxygen atoms in total. The normalized spacial score (nSPS) is 11.5. The third-order valence-electron chi connectivity index (χ3n) is 5.97. The van der Waals surface area contributed by atoms with Gasteiger partial charge in [-0.3, -0.25) is 19.4 Å². The first-order chi connectivity index (χ1) is 18.6. The van der Waals surface area contributed by atoms with Crippen LogP contribution in [0.3, 0.4) is 0 Å². The number of primary amides is 1. The number of alkyl halides is 2. The highest BCUT2D eigenvalue weighted by molar-refractivity contribution is 7.21. The van der Waals surface area contributed by atoms with Crippen LogP contribution in [0.15, 0.2) is 36.5 Å². The highest BCUT2D eigenvalue weighted by atomic mass is 35.5. The number of thiophene rings is 1. The van der Waals surface area contributed by atoms with Gasteiger partial charge in [-0.05, 0) is 43.7 Å². The number of amides is 2. The maximum Gasteiger partial charge on any atom is 0.280 e. The van der Waals surface area contributed by atoms with Crippen LogP contribution in [-0.4, -0.2) is 36.8 Å². The van der Waals surface area contributed by atoms with Crippen LogP contribution in [0.5, 0.6) is 0 Å². The van der Waals surface area contributed by atoms with E-state index in [-0.39, 0.29) is 21.1 Å². The summed E-state index contributed by atoms with van der Waals surface area (Å²) < 4.78 is 29.2. The molecule has 0 aliphatic heterocycles. The number of halogens is 4. The minimum Gasteiger partial charge on any atom is -0.365 e. The standard InChI is InChI=1S/C25H19Cl2F2N7O2S/c1-3-36-9-13(10(2)35-36)12-7-17(22(28)29)31-25-19(12)20(21(39-25)23(30)37)32-24(38)18-8-16(33-34-18)11-4-5-14(26)15(27)6-11/h4-9,22H,3H2,1-2H3,(H2,30,37)(H,32,38)(H,33,34). The van der Waals surface area contributed by atoms with Gasteiger partial charge in [-0.25, -0.2) is 13.8 Å². The van der Waals surface area contributed by atoms with E-state index < -0.39 is 23.9 Å². The fourth-order valence-electron chi connectivity index (χ4n) is 4.10. The van der Waals surface area contributed by atoms with Gasteiger partial charge in [0.15, 0.2) is 0 Å². The molecule has 0 saturated heterocycles. The third kappa shape index (κ3) is 4.98. The van der Waals surface area contributed by atoms with Gasteiger partial charge >= 0.3 is 0 Å². The Morgan fingerprint density at radius 1 is 1.18 bits per heavy atom. The van der Waals surface area contributed by atoms with Gasteiger partial charge in [0.25, 0.3) is 18.2 Å². The predicted octanol–water partition coefficient (Wildman–Crippen LogP) is 6.47. The summed E-state index contributed by atoms with van der Waals surface area (Å²) in [6.07, 6.45) is -1.15. The molecule has 4 heterocycles. The summed E-state index contributed by atoms with van der Waals surface area (Å²) in [5, 5.41) is 14.9. The largest absolute Gasteiger partial charge is 0.365 e. The summed E-state index contributed by atoms with van der Waals surface area (Å²) >= 11 is 12.9. The molecule has 0 saturated carbocycles. The Kier molecular flexibility index (Phi) is 7.10. The summed E-state index contributed by atoms with van der Waals surface area (Å²) in [4.78, 5) is 29.8. The first-order valence-electron chi connectivity index (χ1n) is 11.5. The van der Waals surface area contributed by atoms with Gasteiger partial charge in [-0.1, -0.05) is 29.3 Å². The monoisotopic (exact) mass is 589 g/mol. The van der Waals surface area contributed by atoms with Gasteiger partial charge in [0.05, 0.1) is 27.1 Å². The molecule has 4 N–H and O–H groups in total. The van der Waals surface area contributed by atoms with Crippen molar-refractivity contribution in [2.75, 3.05) is 5.32 Å². The zero-order valence-corrected chi connectivity index (χ0v) is 22.7. The molecule has 0 spiro atoms. The average molecular weight is 590 g/mol. The maximum absolute atomic E-state index is 13.8. The van der Waals surface area contributed by atoms with Gasteiger partial charge < -0.3 is 11.1 Å². The van der Waals surface area contributed by atoms with Crippen LogP contribution in [0.4, 0.5) is 14.5 Å². The molecule has 0 fully saturated rings. The number of nitrogens with zero attached hydrogens (tertiary/aromatic N) is 4. The topological polar surface area (TPSA) is 132 Å². The lowest BCUT2D eigenvalue weighted by atomic mass is 10.0. The minimum absolute atomic E-state index is 0.0386. The number of rotatable bonds is 7. The first kappa shape index (κ1) is 26.7. The van der Waals surface area contributed by atoms with Crippen molar-refractivity contribution in [3.63, 3.8) is 0 Å². The van der Waals surface area contributed by atoms with Crippen LogP contribution in [0, 0.1) is 6.92 Å². The van der Waals surface area contributed by atoms with Crippen molar-refractivity contribution in [1.82, 2.24) is 25.0 Å². The highest BCUT2D eigenvalue weighted by Crippen LogP contribution is 2.43. The lowest BCUT2D eigenvalue weighted by Gasteiger charge is -2.10. The molecule has 5 rings (SSSR count). The third-order valence-corrected chi connectivity index (χ3v) is 7.80. The number of anilines is 1. The van der Waals surface area contributed by atoms with Crippen LogP contribution in [0.2, 0.25) is 10.0 Å². The SMILES string of the molecule is CCn1cc(-c2cc(C(F)F)nc3sc(C(N)=O)c(NC(=O)c4cc(-c5ccc(Cl)c(Cl)c5)n[nH]4)c23)c(C)n1. The average Bonchev–Trinajstić information content (AvgIpc) is 3.62. The molecule has 0 bridgehead atoms. The van der Waals surface area contributed by atoms with E-state index in [1.165, 1.54) is 12.1 Å². The van der Waals surface area contributed by atoms with E-state index in [0.29, 0.717) is 50.1 Å². The Labute approximate surface area is 233 Å². The minimum atomic E-state index is -2.86. The van der Waals surface area contributed by atoms with Crippen molar-refractivity contribution in [3.8, 4) is 22.4 Å². The second kappa shape index (κ2) is 10.4. The predicted molar refractivity (Wildman–Crippen MR) is 147 cm³/mol. The molecular formula is C25H19Cl2F2N7O2S. The van der Waals surface area contributed by atoms with E-state index in [1.54, 1.807) is 36.0 Å². The fourth-order valence-corrected chi connectivity index (χ4v) is 5.41. The molecule has 0 unspecified atom stereocenters. The first-order valence-corrected chi connectivity index (χ1v) is 13.1. The second-order valence-electron chi connectivity index (χ2n) is 8.48. The number of aryl methyl sites for hydroxylation is 2. The molecule has 0 aliphatic carbocycles. The van der Waals surface area contributed by atoms with E-state index in [4.69, 9.17) is 28.9 Å². The van der Waals surface area contributed by atoms with E-state index in [1.807, 2.05) is 6.92 Å². The summed E-state index contributed by atoms with van der Waals surface area (Å²) in [6, 6.07) is 7.65. The lowest BCUT2D eigenvalue weighted by molar-refractivity contribution is 0.100. The zero-order valence-electron chi connectivity index (χ0n) is 20.4. The molecule has 0 atom stereocenters. The van der Waals surface area contributed by atoms with Crippen molar-refractivity contribution >= 4 is 62.3 Å². The van der Waals surface area contributed by atoms with Crippen LogP contribution >= 0.6 is 34.5 Å². The molecule has 2 amide bonds. The van der Waals surface area contributed by atoms with Crippen molar-refractivity contribution in [1.29, 1.82) is 0 Å². The number of nitrogens with one attached hydrogen (secondary N) is 2. The molecule has 5 aromatic rings. The van der Waals surface area contributed by atoms with Crippen LogP contribution in [0.25, 0.3) is 32.6 Å². The molecule has 0 aliphatic rings. The quantitative estimate of drug-likeness (QED) is 0.200. The van der Waals surface area contributed by atoms with Crippen LogP contribution < -0.4 is 11.1 Å². The number of H-pyrrole nitrogens is 1. The summed E-state index contributed by atoms with van der Waals surface area (Å²) in [7, 11) is 0. The number of nitrogens with two attached hydrogens (primary N) is 1. The molecule has 39 heavy (non-hydrogen) atoms. The Morgan fingerprint density at radius 2 is 1.95 bits per heavy atom. The van der Waals surface area contributed by atoms with Crippen LogP contribution in [0.1, 0.15) is 44.9 Å². The number of carbonyl (C=O) groups excluding carboxylic acids is 2. The fraction of sp³-hybridized carbons (Fsp3) is 0.160. The van der Waals surface area contributed by atoms with Gasteiger partial charge in [-0.15, -0.1) is 11.3 Å². The second-order valence-corrected chi connectivity index (χ2v) is 10.3. The van der Waals surface area contributed by atoms with Gasteiger partial charge in [0.1, 0.15) is 21.1 Å². The summed E-state index contributed by atoms with van der Waals surface area (Å²) in [5.41, 5.74) is 7.80. The molecule has 1 aromatic carbocycles.